The molecule has 146 valence electrons. The molecule has 3 rings (SSSR count). The molecule has 0 spiro atoms. The number of rotatable bonds is 4. The van der Waals surface area contributed by atoms with Gasteiger partial charge in [0.1, 0.15) is 0 Å². The molecule has 0 bridgehead atoms. The molecular weight excluding hydrogens is 406 g/mol. The Morgan fingerprint density at radius 2 is 1.28 bits per heavy atom. The van der Waals surface area contributed by atoms with E-state index in [0.29, 0.717) is 5.02 Å². The standard InChI is InChI=1S/C22H18ClN3O2S/c23-18-14-8-7-13-17(18)20(27)24-22(29)26-25-21(28)19(15-9-3-1-4-10-15)16-11-5-2-6-12-16/h1-14,19H,(H,25,28)(H2,24,26,27,29). The molecule has 29 heavy (non-hydrogen) atoms. The fourth-order valence-corrected chi connectivity index (χ4v) is 3.19. The summed E-state index contributed by atoms with van der Waals surface area (Å²) in [4.78, 5) is 25.2. The van der Waals surface area contributed by atoms with Crippen LogP contribution < -0.4 is 16.2 Å². The molecule has 0 aliphatic carbocycles. The van der Waals surface area contributed by atoms with Gasteiger partial charge in [-0.25, -0.2) is 0 Å². The predicted octanol–water partition coefficient (Wildman–Crippen LogP) is 3.81. The number of carbonyl (C=O) groups is 2. The van der Waals surface area contributed by atoms with Crippen molar-refractivity contribution in [2.75, 3.05) is 0 Å². The van der Waals surface area contributed by atoms with Gasteiger partial charge in [0.05, 0.1) is 16.5 Å². The molecule has 0 saturated heterocycles. The van der Waals surface area contributed by atoms with Gasteiger partial charge in [-0.15, -0.1) is 0 Å². The first-order valence-corrected chi connectivity index (χ1v) is 9.60. The number of amides is 2. The van der Waals surface area contributed by atoms with E-state index < -0.39 is 11.8 Å². The lowest BCUT2D eigenvalue weighted by molar-refractivity contribution is -0.122. The average molecular weight is 424 g/mol. The molecule has 0 fully saturated rings. The fourth-order valence-electron chi connectivity index (χ4n) is 2.82. The third-order valence-corrected chi connectivity index (χ3v) is 4.71. The number of hydrogen-bond acceptors (Lipinski definition) is 3. The second kappa shape index (κ2) is 9.82. The van der Waals surface area contributed by atoms with E-state index in [-0.39, 0.29) is 16.6 Å². The topological polar surface area (TPSA) is 70.2 Å². The zero-order chi connectivity index (χ0) is 20.6. The summed E-state index contributed by atoms with van der Waals surface area (Å²) < 4.78 is 0. The van der Waals surface area contributed by atoms with Crippen molar-refractivity contribution in [3.8, 4) is 0 Å². The number of halogens is 1. The van der Waals surface area contributed by atoms with Crippen molar-refractivity contribution in [3.63, 3.8) is 0 Å². The minimum absolute atomic E-state index is 0.0388. The summed E-state index contributed by atoms with van der Waals surface area (Å²) in [6.07, 6.45) is 0. The van der Waals surface area contributed by atoms with Crippen molar-refractivity contribution < 1.29 is 9.59 Å². The second-order valence-corrected chi connectivity index (χ2v) is 6.95. The molecule has 3 N–H and O–H groups in total. The van der Waals surface area contributed by atoms with E-state index in [1.807, 2.05) is 60.7 Å². The molecule has 5 nitrogen and oxygen atoms in total. The van der Waals surface area contributed by atoms with Crippen LogP contribution >= 0.6 is 23.8 Å². The van der Waals surface area contributed by atoms with Gasteiger partial charge >= 0.3 is 0 Å². The van der Waals surface area contributed by atoms with Crippen LogP contribution in [0.2, 0.25) is 5.02 Å². The monoisotopic (exact) mass is 423 g/mol. The highest BCUT2D eigenvalue weighted by Gasteiger charge is 2.22. The maximum Gasteiger partial charge on any atom is 0.258 e. The van der Waals surface area contributed by atoms with Crippen LogP contribution in [0.4, 0.5) is 0 Å². The Morgan fingerprint density at radius 1 is 0.759 bits per heavy atom. The van der Waals surface area contributed by atoms with E-state index in [0.717, 1.165) is 11.1 Å². The zero-order valence-corrected chi connectivity index (χ0v) is 16.8. The summed E-state index contributed by atoms with van der Waals surface area (Å²) >= 11 is 11.1. The van der Waals surface area contributed by atoms with Gasteiger partial charge < -0.3 is 0 Å². The van der Waals surface area contributed by atoms with Crippen LogP contribution in [-0.4, -0.2) is 16.9 Å². The quantitative estimate of drug-likeness (QED) is 0.441. The Hall–Kier alpha value is -3.22. The lowest BCUT2D eigenvalue weighted by Crippen LogP contribution is -2.49. The fraction of sp³-hybridized carbons (Fsp3) is 0.0455. The zero-order valence-electron chi connectivity index (χ0n) is 15.3. The van der Waals surface area contributed by atoms with E-state index in [1.54, 1.807) is 24.3 Å². The number of thiocarbonyl (C=S) groups is 1. The van der Waals surface area contributed by atoms with E-state index in [9.17, 15) is 9.59 Å². The molecule has 7 heteroatoms. The van der Waals surface area contributed by atoms with E-state index >= 15 is 0 Å². The number of carbonyl (C=O) groups excluding carboxylic acids is 2. The smallest absolute Gasteiger partial charge is 0.258 e. The summed E-state index contributed by atoms with van der Waals surface area (Å²) in [5.41, 5.74) is 7.11. The Bertz CT molecular complexity index is 973. The van der Waals surface area contributed by atoms with Crippen LogP contribution in [-0.2, 0) is 4.79 Å². The van der Waals surface area contributed by atoms with Crippen molar-refractivity contribution in [1.29, 1.82) is 0 Å². The molecule has 0 radical (unpaired) electrons. The molecule has 0 saturated carbocycles. The summed E-state index contributed by atoms with van der Waals surface area (Å²) in [5.74, 6) is -1.31. The molecular formula is C22H18ClN3O2S. The molecule has 0 heterocycles. The summed E-state index contributed by atoms with van der Waals surface area (Å²) in [5, 5.41) is 2.76. The van der Waals surface area contributed by atoms with Gasteiger partial charge in [-0.3, -0.25) is 25.8 Å². The van der Waals surface area contributed by atoms with Crippen LogP contribution in [0.15, 0.2) is 84.9 Å². The molecule has 0 aromatic heterocycles. The first kappa shape index (κ1) is 20.5. The van der Waals surface area contributed by atoms with Crippen molar-refractivity contribution in [2.24, 2.45) is 0 Å². The highest BCUT2D eigenvalue weighted by molar-refractivity contribution is 7.80. The Morgan fingerprint density at radius 3 is 1.83 bits per heavy atom. The van der Waals surface area contributed by atoms with Gasteiger partial charge in [0.25, 0.3) is 5.91 Å². The molecule has 0 unspecified atom stereocenters. The largest absolute Gasteiger partial charge is 0.298 e. The number of benzene rings is 3. The first-order valence-electron chi connectivity index (χ1n) is 8.82. The molecule has 0 aliphatic heterocycles. The van der Waals surface area contributed by atoms with E-state index in [4.69, 9.17) is 23.8 Å². The number of hydrogen-bond donors (Lipinski definition) is 3. The molecule has 0 aliphatic rings. The van der Waals surface area contributed by atoms with Crippen molar-refractivity contribution in [2.45, 2.75) is 5.92 Å². The van der Waals surface area contributed by atoms with Crippen molar-refractivity contribution in [1.82, 2.24) is 16.2 Å². The average Bonchev–Trinajstić information content (AvgIpc) is 2.74. The van der Waals surface area contributed by atoms with Gasteiger partial charge in [0, 0.05) is 0 Å². The van der Waals surface area contributed by atoms with Crippen LogP contribution in [0.25, 0.3) is 0 Å². The van der Waals surface area contributed by atoms with Gasteiger partial charge in [0.2, 0.25) is 5.91 Å². The van der Waals surface area contributed by atoms with Gasteiger partial charge in [0.15, 0.2) is 5.11 Å². The maximum absolute atomic E-state index is 12.9. The minimum atomic E-state index is -0.535. The number of nitrogens with one attached hydrogen (secondary N) is 3. The molecule has 2 amide bonds. The van der Waals surface area contributed by atoms with Crippen molar-refractivity contribution in [3.05, 3.63) is 107 Å². The summed E-state index contributed by atoms with van der Waals surface area (Å²) in [6.45, 7) is 0. The van der Waals surface area contributed by atoms with Crippen LogP contribution in [0.1, 0.15) is 27.4 Å². The highest BCUT2D eigenvalue weighted by Crippen LogP contribution is 2.24. The van der Waals surface area contributed by atoms with Crippen LogP contribution in [0.3, 0.4) is 0 Å². The van der Waals surface area contributed by atoms with Crippen LogP contribution in [0, 0.1) is 0 Å². The number of hydrazine groups is 1. The Balaban J connectivity index is 1.67. The minimum Gasteiger partial charge on any atom is -0.298 e. The molecule has 3 aromatic carbocycles. The SMILES string of the molecule is O=C(NC(=S)NNC(=O)C(c1ccccc1)c1ccccc1)c1ccccc1Cl. The maximum atomic E-state index is 12.9. The van der Waals surface area contributed by atoms with Crippen LogP contribution in [0.5, 0.6) is 0 Å². The van der Waals surface area contributed by atoms with E-state index in [1.165, 1.54) is 0 Å². The normalized spacial score (nSPS) is 10.3. The highest BCUT2D eigenvalue weighted by atomic mass is 35.5. The van der Waals surface area contributed by atoms with Gasteiger partial charge in [-0.1, -0.05) is 84.4 Å². The molecule has 0 atom stereocenters. The Kier molecular flexibility index (Phi) is 6.94. The van der Waals surface area contributed by atoms with Gasteiger partial charge in [-0.05, 0) is 35.5 Å². The summed E-state index contributed by atoms with van der Waals surface area (Å²) in [7, 11) is 0. The third-order valence-electron chi connectivity index (χ3n) is 4.17. The second-order valence-electron chi connectivity index (χ2n) is 6.13. The summed E-state index contributed by atoms with van der Waals surface area (Å²) in [6, 6.07) is 25.4. The third kappa shape index (κ3) is 5.40. The predicted molar refractivity (Wildman–Crippen MR) is 118 cm³/mol. The molecule has 3 aromatic rings. The first-order chi connectivity index (χ1) is 14.1. The lowest BCUT2D eigenvalue weighted by Gasteiger charge is -2.19. The Labute approximate surface area is 179 Å². The van der Waals surface area contributed by atoms with Gasteiger partial charge in [-0.2, -0.15) is 0 Å². The van der Waals surface area contributed by atoms with Crippen molar-refractivity contribution >= 4 is 40.7 Å². The lowest BCUT2D eigenvalue weighted by atomic mass is 9.91. The van der Waals surface area contributed by atoms with E-state index in [2.05, 4.69) is 16.2 Å².